The highest BCUT2D eigenvalue weighted by Gasteiger charge is 2.53. The average Bonchev–Trinajstić information content (AvgIpc) is 2.26. The minimum atomic E-state index is -5.83. The van der Waals surface area contributed by atoms with Crippen LogP contribution >= 0.6 is 7.60 Å². The molecule has 0 amide bonds. The summed E-state index contributed by atoms with van der Waals surface area (Å²) < 4.78 is 39.0. The lowest BCUT2D eigenvalue weighted by molar-refractivity contribution is -0.193. The molecule has 0 bridgehead atoms. The third kappa shape index (κ3) is 4.03. The summed E-state index contributed by atoms with van der Waals surface area (Å²) in [5.74, 6) is -6.38. The van der Waals surface area contributed by atoms with Crippen LogP contribution in [0.1, 0.15) is 5.56 Å². The van der Waals surface area contributed by atoms with E-state index in [1.54, 1.807) is 30.3 Å². The first-order valence-electron chi connectivity index (χ1n) is 4.62. The lowest BCUT2D eigenvalue weighted by Crippen LogP contribution is -2.23. The van der Waals surface area contributed by atoms with Gasteiger partial charge in [-0.05, 0) is 11.6 Å². The van der Waals surface area contributed by atoms with E-state index in [-0.39, 0.29) is 0 Å². The van der Waals surface area contributed by atoms with Gasteiger partial charge in [0, 0.05) is 6.08 Å². The summed E-state index contributed by atoms with van der Waals surface area (Å²) in [5.41, 5.74) is 0.550. The van der Waals surface area contributed by atoms with E-state index in [4.69, 9.17) is 9.79 Å². The van der Waals surface area contributed by atoms with Gasteiger partial charge in [-0.2, -0.15) is 8.78 Å². The van der Waals surface area contributed by atoms with Crippen molar-refractivity contribution in [1.29, 1.82) is 0 Å². The number of benzene rings is 1. The molecule has 0 atom stereocenters. The number of ether oxygens (including phenoxy) is 1. The van der Waals surface area contributed by atoms with E-state index >= 15 is 0 Å². The SMILES string of the molecule is O=C(C=Cc1ccccc1)OC(F)(F)P(=O)(O)O. The summed E-state index contributed by atoms with van der Waals surface area (Å²) in [6, 6.07) is 8.25. The molecule has 0 unspecified atom stereocenters. The second-order valence-corrected chi connectivity index (χ2v) is 4.80. The third-order valence-corrected chi connectivity index (χ3v) is 2.54. The minimum Gasteiger partial charge on any atom is -0.388 e. The second kappa shape index (κ2) is 5.39. The van der Waals surface area contributed by atoms with Crippen LogP contribution in [0.4, 0.5) is 8.78 Å². The van der Waals surface area contributed by atoms with Crippen molar-refractivity contribution < 1.29 is 32.7 Å². The molecule has 1 rings (SSSR count). The Balaban J connectivity index is 2.69. The van der Waals surface area contributed by atoms with Crippen LogP contribution in [0.25, 0.3) is 6.08 Å². The van der Waals surface area contributed by atoms with Crippen LogP contribution in [-0.4, -0.2) is 21.6 Å². The zero-order chi connectivity index (χ0) is 13.8. The Bertz CT molecular complexity index is 494. The molecule has 0 saturated carbocycles. The molecule has 0 radical (unpaired) electrons. The summed E-state index contributed by atoms with van der Waals surface area (Å²) in [6.07, 6.45) is 1.83. The van der Waals surface area contributed by atoms with E-state index in [0.717, 1.165) is 0 Å². The Morgan fingerprint density at radius 1 is 1.28 bits per heavy atom. The molecule has 1 aromatic carbocycles. The molecule has 2 N–H and O–H groups in total. The first kappa shape index (κ1) is 14.5. The molecular weight excluding hydrogens is 269 g/mol. The van der Waals surface area contributed by atoms with Gasteiger partial charge in [-0.1, -0.05) is 30.3 Å². The minimum absolute atomic E-state index is 0.550. The van der Waals surface area contributed by atoms with Crippen LogP contribution in [0.3, 0.4) is 0 Å². The number of hydrogen-bond acceptors (Lipinski definition) is 3. The molecule has 18 heavy (non-hydrogen) atoms. The van der Waals surface area contributed by atoms with Gasteiger partial charge in [0.1, 0.15) is 0 Å². The summed E-state index contributed by atoms with van der Waals surface area (Å²) in [6.45, 7) is 0. The summed E-state index contributed by atoms with van der Waals surface area (Å²) in [7, 11) is -5.83. The molecule has 0 aromatic heterocycles. The number of hydrogen-bond donors (Lipinski definition) is 2. The van der Waals surface area contributed by atoms with E-state index in [1.807, 2.05) is 0 Å². The Morgan fingerprint density at radius 2 is 1.83 bits per heavy atom. The average molecular weight is 278 g/mol. The van der Waals surface area contributed by atoms with Crippen molar-refractivity contribution in [2.24, 2.45) is 0 Å². The van der Waals surface area contributed by atoms with Crippen LogP contribution in [0, 0.1) is 0 Å². The third-order valence-electron chi connectivity index (χ3n) is 1.77. The van der Waals surface area contributed by atoms with Crippen molar-refractivity contribution in [1.82, 2.24) is 0 Å². The number of carbonyl (C=O) groups is 1. The predicted octanol–water partition coefficient (Wildman–Crippen LogP) is 1.97. The molecule has 0 aliphatic rings. The highest BCUT2D eigenvalue weighted by molar-refractivity contribution is 7.52. The Kier molecular flexibility index (Phi) is 4.34. The normalized spacial score (nSPS) is 12.7. The van der Waals surface area contributed by atoms with Crippen LogP contribution in [0.15, 0.2) is 36.4 Å². The lowest BCUT2D eigenvalue weighted by Gasteiger charge is -2.15. The topological polar surface area (TPSA) is 83.8 Å². The van der Waals surface area contributed by atoms with Gasteiger partial charge >= 0.3 is 19.4 Å². The zero-order valence-electron chi connectivity index (χ0n) is 8.86. The van der Waals surface area contributed by atoms with Crippen molar-refractivity contribution >= 4 is 19.6 Å². The molecular formula is C10H9F2O5P. The molecule has 1 aromatic rings. The van der Waals surface area contributed by atoms with Gasteiger partial charge in [-0.15, -0.1) is 0 Å². The summed E-state index contributed by atoms with van der Waals surface area (Å²) in [4.78, 5) is 27.4. The van der Waals surface area contributed by atoms with Crippen molar-refractivity contribution in [3.05, 3.63) is 42.0 Å². The van der Waals surface area contributed by atoms with Crippen LogP contribution in [0.5, 0.6) is 0 Å². The lowest BCUT2D eigenvalue weighted by atomic mass is 10.2. The van der Waals surface area contributed by atoms with Gasteiger partial charge in [0.15, 0.2) is 0 Å². The Morgan fingerprint density at radius 3 is 2.33 bits per heavy atom. The van der Waals surface area contributed by atoms with Gasteiger partial charge < -0.3 is 14.5 Å². The van der Waals surface area contributed by atoms with Crippen molar-refractivity contribution in [2.75, 3.05) is 0 Å². The molecule has 98 valence electrons. The smallest absolute Gasteiger partial charge is 0.388 e. The van der Waals surface area contributed by atoms with Gasteiger partial charge in [0.25, 0.3) is 0 Å². The quantitative estimate of drug-likeness (QED) is 0.499. The molecule has 0 spiro atoms. The van der Waals surface area contributed by atoms with Crippen LogP contribution in [0.2, 0.25) is 0 Å². The first-order chi connectivity index (χ1) is 8.22. The molecule has 0 aliphatic carbocycles. The number of carbonyl (C=O) groups excluding carboxylic acids is 1. The Labute approximate surface area is 101 Å². The van der Waals surface area contributed by atoms with Crippen LogP contribution < -0.4 is 0 Å². The maximum Gasteiger partial charge on any atom is 0.506 e. The van der Waals surface area contributed by atoms with Gasteiger partial charge in [-0.25, -0.2) is 9.36 Å². The van der Waals surface area contributed by atoms with E-state index in [1.165, 1.54) is 6.08 Å². The van der Waals surface area contributed by atoms with Crippen molar-refractivity contribution in [2.45, 2.75) is 5.85 Å². The fourth-order valence-electron chi connectivity index (χ4n) is 0.943. The predicted molar refractivity (Wildman–Crippen MR) is 58.6 cm³/mol. The maximum absolute atomic E-state index is 12.7. The first-order valence-corrected chi connectivity index (χ1v) is 6.23. The molecule has 0 saturated heterocycles. The molecule has 5 nitrogen and oxygen atoms in total. The maximum atomic E-state index is 12.7. The molecule has 0 heterocycles. The standard InChI is InChI=1S/C10H9F2O5P/c11-10(12,18(14,15)16)17-9(13)7-6-8-4-2-1-3-5-8/h1-7H,(H2,14,15,16). The number of halogens is 2. The fraction of sp³-hybridized carbons (Fsp3) is 0.100. The van der Waals surface area contributed by atoms with E-state index in [9.17, 15) is 18.1 Å². The Hall–Kier alpha value is -1.56. The molecule has 0 fully saturated rings. The summed E-state index contributed by atoms with van der Waals surface area (Å²) >= 11 is 0. The fourth-order valence-corrected chi connectivity index (χ4v) is 1.15. The number of rotatable bonds is 4. The van der Waals surface area contributed by atoms with E-state index in [2.05, 4.69) is 4.74 Å². The van der Waals surface area contributed by atoms with Gasteiger partial charge in [-0.3, -0.25) is 0 Å². The van der Waals surface area contributed by atoms with E-state index < -0.39 is 19.4 Å². The number of alkyl halides is 2. The second-order valence-electron chi connectivity index (χ2n) is 3.20. The highest BCUT2D eigenvalue weighted by atomic mass is 31.2. The largest absolute Gasteiger partial charge is 0.506 e. The number of esters is 1. The highest BCUT2D eigenvalue weighted by Crippen LogP contribution is 2.53. The van der Waals surface area contributed by atoms with Crippen molar-refractivity contribution in [3.63, 3.8) is 0 Å². The zero-order valence-corrected chi connectivity index (χ0v) is 9.76. The monoisotopic (exact) mass is 278 g/mol. The summed E-state index contributed by atoms with van der Waals surface area (Å²) in [5, 5.41) is 0. The van der Waals surface area contributed by atoms with Crippen LogP contribution in [-0.2, 0) is 14.1 Å². The van der Waals surface area contributed by atoms with Gasteiger partial charge in [0.05, 0.1) is 0 Å². The van der Waals surface area contributed by atoms with Crippen molar-refractivity contribution in [3.8, 4) is 0 Å². The van der Waals surface area contributed by atoms with Gasteiger partial charge in [0.2, 0.25) is 0 Å². The molecule has 8 heteroatoms. The molecule has 0 aliphatic heterocycles. The van der Waals surface area contributed by atoms with E-state index in [0.29, 0.717) is 11.6 Å².